The van der Waals surface area contributed by atoms with Gasteiger partial charge in [0, 0.05) is 19.3 Å². The molecule has 0 bridgehead atoms. The molecule has 2 aliphatic rings. The predicted molar refractivity (Wildman–Crippen MR) is 145 cm³/mol. The van der Waals surface area contributed by atoms with E-state index >= 15 is 0 Å². The van der Waals surface area contributed by atoms with Crippen LogP contribution in [0.15, 0.2) is 96.0 Å². The number of nitrogens with one attached hydrogen (secondary N) is 1. The average Bonchev–Trinajstić information content (AvgIpc) is 3.28. The minimum Gasteiger partial charge on any atom is -0.331 e. The molecule has 0 saturated carbocycles. The van der Waals surface area contributed by atoms with Crippen molar-refractivity contribution in [3.05, 3.63) is 102 Å². The number of carbonyl (C=O) groups is 3. The van der Waals surface area contributed by atoms with Gasteiger partial charge in [0.25, 0.3) is 5.91 Å². The summed E-state index contributed by atoms with van der Waals surface area (Å²) in [6.07, 6.45) is -0.657. The smallest absolute Gasteiger partial charge is 0.328 e. The van der Waals surface area contributed by atoms with Crippen molar-refractivity contribution < 1.29 is 14.4 Å². The molecule has 37 heavy (non-hydrogen) atoms. The molecule has 2 heterocycles. The number of amides is 4. The number of imide groups is 1. The maximum absolute atomic E-state index is 13.8. The van der Waals surface area contributed by atoms with Crippen LogP contribution in [0.3, 0.4) is 0 Å². The third-order valence-electron chi connectivity index (χ3n) is 6.32. The molecule has 1 fully saturated rings. The van der Waals surface area contributed by atoms with Gasteiger partial charge in [-0.25, -0.2) is 9.79 Å². The fourth-order valence-corrected chi connectivity index (χ4v) is 5.34. The van der Waals surface area contributed by atoms with Crippen LogP contribution in [0.5, 0.6) is 0 Å². The van der Waals surface area contributed by atoms with Crippen molar-refractivity contribution in [2.75, 3.05) is 18.1 Å². The summed E-state index contributed by atoms with van der Waals surface area (Å²) in [4.78, 5) is 49.1. The first-order valence-electron chi connectivity index (χ1n) is 12.0. The molecule has 5 rings (SSSR count). The fraction of sp³-hybridized carbons (Fsp3) is 0.214. The number of thioether (sulfide) groups is 1. The van der Waals surface area contributed by atoms with Gasteiger partial charge < -0.3 is 15.1 Å². The first-order chi connectivity index (χ1) is 18.0. The molecular formula is C28H27N5O3S. The number of para-hydroxylation sites is 1. The fourth-order valence-electron chi connectivity index (χ4n) is 4.48. The summed E-state index contributed by atoms with van der Waals surface area (Å²) in [7, 11) is 1.67. The van der Waals surface area contributed by atoms with Gasteiger partial charge in [0.15, 0.2) is 17.4 Å². The highest BCUT2D eigenvalue weighted by Gasteiger charge is 2.52. The number of anilines is 1. The minimum absolute atomic E-state index is 0.123. The maximum Gasteiger partial charge on any atom is 0.328 e. The summed E-state index contributed by atoms with van der Waals surface area (Å²) in [6.45, 7) is 0.619. The molecule has 0 spiro atoms. The van der Waals surface area contributed by atoms with Gasteiger partial charge in [0.1, 0.15) is 0 Å². The Morgan fingerprint density at radius 3 is 2.05 bits per heavy atom. The van der Waals surface area contributed by atoms with Crippen molar-refractivity contribution >= 4 is 40.5 Å². The van der Waals surface area contributed by atoms with E-state index in [4.69, 9.17) is 4.99 Å². The molecule has 1 saturated heterocycles. The molecule has 0 radical (unpaired) electrons. The van der Waals surface area contributed by atoms with Crippen molar-refractivity contribution in [1.29, 1.82) is 0 Å². The van der Waals surface area contributed by atoms with Crippen LogP contribution >= 0.6 is 11.8 Å². The monoisotopic (exact) mass is 513 g/mol. The quantitative estimate of drug-likeness (QED) is 0.516. The topological polar surface area (TPSA) is 85.3 Å². The summed E-state index contributed by atoms with van der Waals surface area (Å²) in [5.41, 5.74) is 2.59. The Morgan fingerprint density at radius 1 is 0.865 bits per heavy atom. The zero-order chi connectivity index (χ0) is 25.8. The number of fused-ring (bicyclic) bond motifs is 1. The minimum atomic E-state index is -0.675. The lowest BCUT2D eigenvalue weighted by Crippen LogP contribution is -2.64. The highest BCUT2D eigenvalue weighted by molar-refractivity contribution is 8.14. The molecule has 3 aromatic rings. The molecule has 2 atom stereocenters. The molecule has 0 aliphatic carbocycles. The lowest BCUT2D eigenvalue weighted by molar-refractivity contribution is -0.138. The van der Waals surface area contributed by atoms with E-state index < -0.39 is 12.2 Å². The van der Waals surface area contributed by atoms with Crippen LogP contribution in [0.25, 0.3) is 0 Å². The SMILES string of the molecule is CN1C(=O)N(Cc2ccccc2)C(=O)C2C1N=C(SCC(=O)Nc1ccccc1)N2Cc1ccccc1. The summed E-state index contributed by atoms with van der Waals surface area (Å²) in [5.74, 6) is -0.339. The number of aliphatic imine (C=N–C) groups is 1. The Hall–Kier alpha value is -4.11. The van der Waals surface area contributed by atoms with Crippen LogP contribution in [0.1, 0.15) is 11.1 Å². The van der Waals surface area contributed by atoms with Crippen LogP contribution < -0.4 is 5.32 Å². The third-order valence-corrected chi connectivity index (χ3v) is 7.33. The van der Waals surface area contributed by atoms with Gasteiger partial charge >= 0.3 is 6.03 Å². The predicted octanol–water partition coefficient (Wildman–Crippen LogP) is 4.02. The second kappa shape index (κ2) is 10.9. The van der Waals surface area contributed by atoms with Gasteiger partial charge in [-0.1, -0.05) is 90.6 Å². The van der Waals surface area contributed by atoms with Crippen molar-refractivity contribution in [2.45, 2.75) is 25.3 Å². The normalized spacial score (nSPS) is 19.1. The Balaban J connectivity index is 1.38. The van der Waals surface area contributed by atoms with Gasteiger partial charge in [-0.15, -0.1) is 0 Å². The van der Waals surface area contributed by atoms with Gasteiger partial charge in [-0.2, -0.15) is 0 Å². The van der Waals surface area contributed by atoms with Gasteiger partial charge in [-0.05, 0) is 23.3 Å². The Kier molecular flexibility index (Phi) is 7.23. The van der Waals surface area contributed by atoms with Crippen LogP contribution in [0.4, 0.5) is 10.5 Å². The lowest BCUT2D eigenvalue weighted by Gasteiger charge is -2.41. The van der Waals surface area contributed by atoms with E-state index in [0.29, 0.717) is 17.4 Å². The number of nitrogens with zero attached hydrogens (tertiary/aromatic N) is 4. The number of likely N-dealkylation sites (N-methyl/N-ethyl adjacent to an activating group) is 1. The van der Waals surface area contributed by atoms with Gasteiger partial charge in [0.2, 0.25) is 5.91 Å². The van der Waals surface area contributed by atoms with Crippen LogP contribution in [0, 0.1) is 0 Å². The summed E-state index contributed by atoms with van der Waals surface area (Å²) >= 11 is 1.27. The molecule has 4 amide bonds. The molecule has 9 heteroatoms. The summed E-state index contributed by atoms with van der Waals surface area (Å²) in [6, 6.07) is 27.5. The highest BCUT2D eigenvalue weighted by atomic mass is 32.2. The van der Waals surface area contributed by atoms with E-state index in [-0.39, 0.29) is 30.1 Å². The molecule has 188 valence electrons. The Morgan fingerprint density at radius 2 is 1.43 bits per heavy atom. The summed E-state index contributed by atoms with van der Waals surface area (Å²) in [5, 5.41) is 3.45. The standard InChI is InChI=1S/C28H27N5O3S/c1-31-25-24(26(35)33(28(31)36)18-21-13-7-3-8-14-21)32(17-20-11-5-2-6-12-20)27(30-25)37-19-23(34)29-22-15-9-4-10-16-22/h2-16,24-25H,17-19H2,1H3,(H,29,34). The molecule has 2 unspecified atom stereocenters. The number of hydrogen-bond donors (Lipinski definition) is 1. The van der Waals surface area contributed by atoms with Crippen LogP contribution in [0.2, 0.25) is 0 Å². The molecule has 1 N–H and O–H groups in total. The number of amidine groups is 1. The number of urea groups is 1. The first kappa shape index (κ1) is 24.6. The molecule has 3 aromatic carbocycles. The molecule has 0 aromatic heterocycles. The average molecular weight is 514 g/mol. The van der Waals surface area contributed by atoms with E-state index in [1.54, 1.807) is 7.05 Å². The second-order valence-corrected chi connectivity index (χ2v) is 9.83. The van der Waals surface area contributed by atoms with Gasteiger partial charge in [-0.3, -0.25) is 14.5 Å². The van der Waals surface area contributed by atoms with E-state index in [1.165, 1.54) is 21.6 Å². The zero-order valence-corrected chi connectivity index (χ0v) is 21.2. The number of benzene rings is 3. The van der Waals surface area contributed by atoms with E-state index in [9.17, 15) is 14.4 Å². The van der Waals surface area contributed by atoms with Gasteiger partial charge in [0.05, 0.1) is 12.3 Å². The van der Waals surface area contributed by atoms with Crippen LogP contribution in [-0.4, -0.2) is 62.7 Å². The number of rotatable bonds is 7. The molecule has 2 aliphatic heterocycles. The Labute approximate surface area is 220 Å². The number of hydrogen-bond acceptors (Lipinski definition) is 6. The molecule has 8 nitrogen and oxygen atoms in total. The third kappa shape index (κ3) is 5.36. The summed E-state index contributed by atoms with van der Waals surface area (Å²) < 4.78 is 0. The van der Waals surface area contributed by atoms with Crippen molar-refractivity contribution in [2.24, 2.45) is 4.99 Å². The lowest BCUT2D eigenvalue weighted by atomic mass is 10.1. The second-order valence-electron chi connectivity index (χ2n) is 8.89. The Bertz CT molecular complexity index is 1300. The van der Waals surface area contributed by atoms with Crippen molar-refractivity contribution in [3.63, 3.8) is 0 Å². The van der Waals surface area contributed by atoms with E-state index in [0.717, 1.165) is 11.1 Å². The first-order valence-corrected chi connectivity index (χ1v) is 13.0. The van der Waals surface area contributed by atoms with Crippen molar-refractivity contribution in [1.82, 2.24) is 14.7 Å². The van der Waals surface area contributed by atoms with Crippen molar-refractivity contribution in [3.8, 4) is 0 Å². The highest BCUT2D eigenvalue weighted by Crippen LogP contribution is 2.33. The zero-order valence-electron chi connectivity index (χ0n) is 20.4. The van der Waals surface area contributed by atoms with Crippen LogP contribution in [-0.2, 0) is 22.7 Å². The molecular weight excluding hydrogens is 486 g/mol. The largest absolute Gasteiger partial charge is 0.331 e. The van der Waals surface area contributed by atoms with E-state index in [2.05, 4.69) is 5.32 Å². The van der Waals surface area contributed by atoms with E-state index in [1.807, 2.05) is 95.9 Å². The number of carbonyl (C=O) groups excluding carboxylic acids is 3. The maximum atomic E-state index is 13.8.